The molecule has 0 atom stereocenters. The van der Waals surface area contributed by atoms with E-state index in [0.717, 1.165) is 5.56 Å². The fraction of sp³-hybridized carbons (Fsp3) is 0.294. The number of pyridine rings is 1. The molecule has 0 aliphatic rings. The van der Waals surface area contributed by atoms with Crippen molar-refractivity contribution in [1.29, 1.82) is 0 Å². The van der Waals surface area contributed by atoms with Crippen LogP contribution >= 0.6 is 0 Å². The Kier molecular flexibility index (Phi) is 5.43. The fourth-order valence-corrected chi connectivity index (χ4v) is 2.57. The Labute approximate surface area is 153 Å². The Morgan fingerprint density at radius 3 is 2.21 bits per heavy atom. The molecule has 11 heteroatoms. The molecular weight excluding hydrogens is 395 g/mol. The van der Waals surface area contributed by atoms with Gasteiger partial charge in [-0.05, 0) is 11.6 Å². The van der Waals surface area contributed by atoms with Crippen LogP contribution < -0.4 is 4.84 Å². The van der Waals surface area contributed by atoms with Crippen molar-refractivity contribution in [3.63, 3.8) is 0 Å². The average molecular weight is 407 g/mol. The molecule has 3 rings (SSSR count). The zero-order valence-electron chi connectivity index (χ0n) is 13.9. The van der Waals surface area contributed by atoms with Crippen molar-refractivity contribution in [2.45, 2.75) is 25.4 Å². The molecule has 2 aromatic heterocycles. The molecule has 0 bridgehead atoms. The summed E-state index contributed by atoms with van der Waals surface area (Å²) in [5.74, 6) is -1.57. The van der Waals surface area contributed by atoms with E-state index < -0.39 is 47.3 Å². The highest BCUT2D eigenvalue weighted by atomic mass is 19.4. The van der Waals surface area contributed by atoms with E-state index in [2.05, 4.69) is 9.97 Å². The number of imidazole rings is 1. The summed E-state index contributed by atoms with van der Waals surface area (Å²) in [6, 6.07) is 9.17. The van der Waals surface area contributed by atoms with E-state index in [1.165, 1.54) is 0 Å². The second-order valence-electron chi connectivity index (χ2n) is 5.70. The van der Waals surface area contributed by atoms with Crippen LogP contribution in [0.2, 0.25) is 0 Å². The zero-order chi connectivity index (χ0) is 20.5. The topological polar surface area (TPSA) is 39.9 Å². The molecule has 4 nitrogen and oxygen atoms in total. The molecule has 0 unspecified atom stereocenters. The lowest BCUT2D eigenvalue weighted by Gasteiger charge is -2.13. The first-order chi connectivity index (χ1) is 13.2. The summed E-state index contributed by atoms with van der Waals surface area (Å²) >= 11 is 0. The van der Waals surface area contributed by atoms with Gasteiger partial charge in [-0.15, -0.1) is 0 Å². The van der Waals surface area contributed by atoms with Crippen molar-refractivity contribution in [2.24, 2.45) is 0 Å². The van der Waals surface area contributed by atoms with Crippen LogP contribution in [0.15, 0.2) is 36.4 Å². The third-order valence-electron chi connectivity index (χ3n) is 3.82. The van der Waals surface area contributed by atoms with E-state index >= 15 is 0 Å². The maximum absolute atomic E-state index is 13.3. The summed E-state index contributed by atoms with van der Waals surface area (Å²) in [5.41, 5.74) is -3.05. The van der Waals surface area contributed by atoms with Crippen molar-refractivity contribution < 1.29 is 35.6 Å². The number of hydrogen-bond donors (Lipinski definition) is 0. The molecule has 0 saturated carbocycles. The van der Waals surface area contributed by atoms with Crippen molar-refractivity contribution in [3.05, 3.63) is 59.0 Å². The number of nitrogens with zero attached hydrogens (tertiary/aromatic N) is 3. The van der Waals surface area contributed by atoms with E-state index in [-0.39, 0.29) is 17.8 Å². The van der Waals surface area contributed by atoms with Crippen LogP contribution in [0.5, 0.6) is 0 Å². The van der Waals surface area contributed by atoms with Crippen LogP contribution in [0.3, 0.4) is 0 Å². The number of fused-ring (bicyclic) bond motifs is 1. The van der Waals surface area contributed by atoms with Gasteiger partial charge in [0.15, 0.2) is 5.65 Å². The smallest absolute Gasteiger partial charge is 0.411 e. The summed E-state index contributed by atoms with van der Waals surface area (Å²) in [6.07, 6.45) is -11.5. The quantitative estimate of drug-likeness (QED) is 0.540. The van der Waals surface area contributed by atoms with Gasteiger partial charge in [0.1, 0.15) is 17.8 Å². The van der Waals surface area contributed by atoms with E-state index in [1.54, 1.807) is 30.3 Å². The minimum absolute atomic E-state index is 0.215. The molecule has 0 saturated heterocycles. The summed E-state index contributed by atoms with van der Waals surface area (Å²) in [7, 11) is 0. The van der Waals surface area contributed by atoms with Gasteiger partial charge < -0.3 is 4.84 Å². The predicted octanol–water partition coefficient (Wildman–Crippen LogP) is 5.00. The summed E-state index contributed by atoms with van der Waals surface area (Å²) in [5, 5.41) is 0. The van der Waals surface area contributed by atoms with Gasteiger partial charge in [-0.3, -0.25) is 0 Å². The Bertz CT molecular complexity index is 955. The number of rotatable bonds is 6. The summed E-state index contributed by atoms with van der Waals surface area (Å²) in [6.45, 7) is -0.237. The highest BCUT2D eigenvalue weighted by Gasteiger charge is 2.40. The van der Waals surface area contributed by atoms with E-state index in [0.29, 0.717) is 6.07 Å². The van der Waals surface area contributed by atoms with Gasteiger partial charge in [-0.1, -0.05) is 30.3 Å². The average Bonchev–Trinajstić information content (AvgIpc) is 2.99. The lowest BCUT2D eigenvalue weighted by molar-refractivity contribution is -0.154. The molecule has 3 aromatic rings. The Hall–Kier alpha value is -2.85. The highest BCUT2D eigenvalue weighted by Crippen LogP contribution is 2.35. The van der Waals surface area contributed by atoms with Gasteiger partial charge in [-0.2, -0.15) is 17.9 Å². The molecule has 0 spiro atoms. The fourth-order valence-electron chi connectivity index (χ4n) is 2.57. The number of alkyl halides is 7. The number of hydrogen-bond acceptors (Lipinski definition) is 3. The first-order valence-electron chi connectivity index (χ1n) is 7.92. The van der Waals surface area contributed by atoms with Gasteiger partial charge in [0.25, 0.3) is 18.7 Å². The lowest BCUT2D eigenvalue weighted by atomic mass is 10.2. The van der Waals surface area contributed by atoms with Crippen LogP contribution in [0.1, 0.15) is 35.5 Å². The molecule has 0 radical (unpaired) electrons. The number of halogens is 7. The Morgan fingerprint density at radius 1 is 0.964 bits per heavy atom. The van der Waals surface area contributed by atoms with Crippen LogP contribution in [-0.4, -0.2) is 21.3 Å². The molecule has 150 valence electrons. The first-order valence-corrected chi connectivity index (χ1v) is 7.92. The summed E-state index contributed by atoms with van der Waals surface area (Å²) < 4.78 is 92.1. The maximum atomic E-state index is 13.3. The maximum Gasteiger partial charge on any atom is 0.453 e. The molecule has 0 amide bonds. The van der Waals surface area contributed by atoms with Crippen molar-refractivity contribution in [3.8, 4) is 0 Å². The van der Waals surface area contributed by atoms with E-state index in [4.69, 9.17) is 4.84 Å². The molecule has 2 heterocycles. The first kappa shape index (κ1) is 19.9. The number of benzene rings is 1. The van der Waals surface area contributed by atoms with Gasteiger partial charge in [0.2, 0.25) is 0 Å². The monoisotopic (exact) mass is 407 g/mol. The molecule has 1 aromatic carbocycles. The van der Waals surface area contributed by atoms with Crippen LogP contribution in [0.25, 0.3) is 11.2 Å². The molecule has 0 fully saturated rings. The number of aromatic nitrogens is 3. The van der Waals surface area contributed by atoms with Gasteiger partial charge in [0, 0.05) is 12.0 Å². The molecule has 0 aliphatic heterocycles. The Morgan fingerprint density at radius 2 is 1.64 bits per heavy atom. The lowest BCUT2D eigenvalue weighted by Crippen LogP contribution is -2.22. The SMILES string of the molecule is FC(F)c1cc2c(nc1C(F)F)nc(C(F)(F)F)n2OCCc1ccccc1. The van der Waals surface area contributed by atoms with Crippen LogP contribution in [0.4, 0.5) is 30.7 Å². The summed E-state index contributed by atoms with van der Waals surface area (Å²) in [4.78, 5) is 11.5. The molecular formula is C17H12F7N3O. The minimum atomic E-state index is -5.01. The highest BCUT2D eigenvalue weighted by molar-refractivity contribution is 5.73. The minimum Gasteiger partial charge on any atom is -0.411 e. The van der Waals surface area contributed by atoms with E-state index in [1.807, 2.05) is 0 Å². The zero-order valence-corrected chi connectivity index (χ0v) is 13.9. The molecule has 0 N–H and O–H groups in total. The van der Waals surface area contributed by atoms with Gasteiger partial charge in [0.05, 0.1) is 0 Å². The standard InChI is InChI=1S/C17H12F7N3O/c18-13(19)10-8-11-15(25-12(10)14(20)21)26-16(17(22,23)24)27(11)28-7-6-9-4-2-1-3-5-9/h1-5,8,13-14H,6-7H2. The van der Waals surface area contributed by atoms with Crippen molar-refractivity contribution in [2.75, 3.05) is 6.61 Å². The molecule has 0 aliphatic carbocycles. The second-order valence-corrected chi connectivity index (χ2v) is 5.70. The molecule has 28 heavy (non-hydrogen) atoms. The van der Waals surface area contributed by atoms with Crippen LogP contribution in [-0.2, 0) is 12.6 Å². The van der Waals surface area contributed by atoms with Crippen molar-refractivity contribution in [1.82, 2.24) is 14.7 Å². The third-order valence-corrected chi connectivity index (χ3v) is 3.82. The van der Waals surface area contributed by atoms with E-state index in [9.17, 15) is 30.7 Å². The normalized spacial score (nSPS) is 12.3. The second kappa shape index (κ2) is 7.64. The van der Waals surface area contributed by atoms with Gasteiger partial charge >= 0.3 is 6.18 Å². The van der Waals surface area contributed by atoms with Crippen molar-refractivity contribution >= 4 is 11.2 Å². The van der Waals surface area contributed by atoms with Crippen LogP contribution in [0, 0.1) is 0 Å². The Balaban J connectivity index is 2.03. The van der Waals surface area contributed by atoms with Gasteiger partial charge in [-0.25, -0.2) is 27.5 Å². The largest absolute Gasteiger partial charge is 0.453 e. The third kappa shape index (κ3) is 4.02. The predicted molar refractivity (Wildman–Crippen MR) is 84.0 cm³/mol.